The van der Waals surface area contributed by atoms with E-state index in [4.69, 9.17) is 16.9 Å². The van der Waals surface area contributed by atoms with E-state index in [9.17, 15) is 13.2 Å². The van der Waals surface area contributed by atoms with E-state index in [1.807, 2.05) is 0 Å². The van der Waals surface area contributed by atoms with Crippen molar-refractivity contribution >= 4 is 23.1 Å². The zero-order valence-corrected chi connectivity index (χ0v) is 9.97. The number of nitrogens with zero attached hydrogens (tertiary/aromatic N) is 2. The summed E-state index contributed by atoms with van der Waals surface area (Å²) in [7, 11) is 0. The molecule has 0 aliphatic rings. The van der Waals surface area contributed by atoms with Gasteiger partial charge in [-0.15, -0.1) is 0 Å². The summed E-state index contributed by atoms with van der Waals surface area (Å²) in [6.07, 6.45) is 1.26. The number of halogens is 4. The van der Waals surface area contributed by atoms with Gasteiger partial charge in [-0.1, -0.05) is 11.6 Å². The number of nitriles is 1. The predicted molar refractivity (Wildman–Crippen MR) is 63.6 cm³/mol. The van der Waals surface area contributed by atoms with Crippen LogP contribution < -0.4 is 5.32 Å². The largest absolute Gasteiger partial charge is 0.336 e. The predicted octanol–water partition coefficient (Wildman–Crippen LogP) is 3.77. The van der Waals surface area contributed by atoms with Crippen LogP contribution in [0.1, 0.15) is 5.56 Å². The Kier molecular flexibility index (Phi) is 3.58. The smallest absolute Gasteiger partial charge is 0.182 e. The van der Waals surface area contributed by atoms with Crippen molar-refractivity contribution in [3.8, 4) is 6.07 Å². The van der Waals surface area contributed by atoms with Crippen molar-refractivity contribution < 1.29 is 13.2 Å². The lowest BCUT2D eigenvalue weighted by atomic mass is 10.2. The third-order valence-electron chi connectivity index (χ3n) is 2.26. The number of anilines is 2. The molecule has 2 aromatic rings. The normalized spacial score (nSPS) is 10.1. The molecule has 96 valence electrons. The molecule has 7 heteroatoms. The molecule has 0 atom stereocenters. The first-order valence-corrected chi connectivity index (χ1v) is 5.37. The van der Waals surface area contributed by atoms with E-state index >= 15 is 0 Å². The van der Waals surface area contributed by atoms with Gasteiger partial charge in [-0.25, -0.2) is 18.2 Å². The molecule has 0 unspecified atom stereocenters. The zero-order chi connectivity index (χ0) is 14.0. The molecule has 0 radical (unpaired) electrons. The highest BCUT2D eigenvalue weighted by Gasteiger charge is 2.14. The molecule has 0 aliphatic carbocycles. The summed E-state index contributed by atoms with van der Waals surface area (Å²) in [5.41, 5.74) is -0.349. The van der Waals surface area contributed by atoms with Crippen molar-refractivity contribution in [1.82, 2.24) is 4.98 Å². The third kappa shape index (κ3) is 2.61. The van der Waals surface area contributed by atoms with Crippen molar-refractivity contribution in [2.75, 3.05) is 5.32 Å². The Balaban J connectivity index is 2.45. The van der Waals surface area contributed by atoms with E-state index in [0.717, 1.165) is 6.07 Å². The summed E-state index contributed by atoms with van der Waals surface area (Å²) in [6, 6.07) is 4.34. The maximum Gasteiger partial charge on any atom is 0.182 e. The van der Waals surface area contributed by atoms with Crippen molar-refractivity contribution in [3.05, 3.63) is 52.4 Å². The van der Waals surface area contributed by atoms with Gasteiger partial charge in [0.15, 0.2) is 17.5 Å². The molecule has 19 heavy (non-hydrogen) atoms. The van der Waals surface area contributed by atoms with E-state index in [0.29, 0.717) is 6.07 Å². The van der Waals surface area contributed by atoms with Crippen LogP contribution in [0.2, 0.25) is 5.02 Å². The van der Waals surface area contributed by atoms with Gasteiger partial charge in [-0.2, -0.15) is 5.26 Å². The molecule has 0 saturated heterocycles. The van der Waals surface area contributed by atoms with E-state index in [-0.39, 0.29) is 16.4 Å². The molecular formula is C12H5ClF3N3. The number of hydrogen-bond donors (Lipinski definition) is 1. The lowest BCUT2D eigenvalue weighted by Crippen LogP contribution is -2.01. The van der Waals surface area contributed by atoms with Gasteiger partial charge in [0.1, 0.15) is 16.9 Å². The van der Waals surface area contributed by atoms with Gasteiger partial charge in [0, 0.05) is 18.3 Å². The minimum absolute atomic E-state index is 0.0610. The van der Waals surface area contributed by atoms with Gasteiger partial charge in [0.2, 0.25) is 0 Å². The van der Waals surface area contributed by atoms with Crippen LogP contribution in [0.4, 0.5) is 24.7 Å². The van der Waals surface area contributed by atoms with E-state index in [1.165, 1.54) is 12.3 Å². The zero-order valence-electron chi connectivity index (χ0n) is 9.22. The van der Waals surface area contributed by atoms with Gasteiger partial charge in [0.05, 0.1) is 11.3 Å². The van der Waals surface area contributed by atoms with Gasteiger partial charge < -0.3 is 5.32 Å². The summed E-state index contributed by atoms with van der Waals surface area (Å²) in [5.74, 6) is -3.62. The van der Waals surface area contributed by atoms with Gasteiger partial charge in [0.25, 0.3) is 0 Å². The number of nitrogens with one attached hydrogen (secondary N) is 1. The van der Waals surface area contributed by atoms with Gasteiger partial charge in [-0.3, -0.25) is 0 Å². The van der Waals surface area contributed by atoms with Crippen molar-refractivity contribution in [2.24, 2.45) is 0 Å². The average Bonchev–Trinajstić information content (AvgIpc) is 2.37. The van der Waals surface area contributed by atoms with Crippen LogP contribution in [-0.2, 0) is 0 Å². The molecule has 1 N–H and O–H groups in total. The molecule has 0 aliphatic heterocycles. The second-order valence-corrected chi connectivity index (χ2v) is 3.89. The first-order valence-electron chi connectivity index (χ1n) is 4.99. The summed E-state index contributed by atoms with van der Waals surface area (Å²) in [5, 5.41) is 11.1. The second-order valence-electron chi connectivity index (χ2n) is 3.51. The number of aromatic nitrogens is 1. The molecule has 0 spiro atoms. The molecule has 0 fully saturated rings. The SMILES string of the molecule is N#Cc1ccnc(Nc2cc(F)cc(F)c2F)c1Cl. The van der Waals surface area contributed by atoms with Gasteiger partial charge in [-0.05, 0) is 6.07 Å². The first-order chi connectivity index (χ1) is 9.02. The fourth-order valence-corrected chi connectivity index (χ4v) is 1.59. The van der Waals surface area contributed by atoms with Gasteiger partial charge >= 0.3 is 0 Å². The quantitative estimate of drug-likeness (QED) is 0.854. The summed E-state index contributed by atoms with van der Waals surface area (Å²) < 4.78 is 39.5. The molecule has 1 heterocycles. The van der Waals surface area contributed by atoms with Crippen LogP contribution in [-0.4, -0.2) is 4.98 Å². The Morgan fingerprint density at radius 2 is 2.00 bits per heavy atom. The number of pyridine rings is 1. The number of benzene rings is 1. The first kappa shape index (κ1) is 13.2. The Labute approximate surface area is 111 Å². The van der Waals surface area contributed by atoms with Crippen LogP contribution in [0.25, 0.3) is 0 Å². The molecule has 0 bridgehead atoms. The fourth-order valence-electron chi connectivity index (χ4n) is 1.39. The molecule has 0 saturated carbocycles. The van der Waals surface area contributed by atoms with Crippen LogP contribution >= 0.6 is 11.6 Å². The fraction of sp³-hybridized carbons (Fsp3) is 0. The number of hydrogen-bond acceptors (Lipinski definition) is 3. The molecular weight excluding hydrogens is 279 g/mol. The summed E-state index contributed by atoms with van der Waals surface area (Å²) in [6.45, 7) is 0. The highest BCUT2D eigenvalue weighted by atomic mass is 35.5. The lowest BCUT2D eigenvalue weighted by molar-refractivity contribution is 0.498. The minimum Gasteiger partial charge on any atom is -0.336 e. The van der Waals surface area contributed by atoms with Crippen molar-refractivity contribution in [3.63, 3.8) is 0 Å². The Bertz CT molecular complexity index is 683. The van der Waals surface area contributed by atoms with E-state index in [1.54, 1.807) is 6.07 Å². The van der Waals surface area contributed by atoms with Crippen molar-refractivity contribution in [2.45, 2.75) is 0 Å². The third-order valence-corrected chi connectivity index (χ3v) is 2.64. The van der Waals surface area contributed by atoms with Crippen LogP contribution in [0.3, 0.4) is 0 Å². The van der Waals surface area contributed by atoms with Crippen LogP contribution in [0, 0.1) is 28.8 Å². The Morgan fingerprint density at radius 1 is 1.26 bits per heavy atom. The highest BCUT2D eigenvalue weighted by Crippen LogP contribution is 2.28. The topological polar surface area (TPSA) is 48.7 Å². The Hall–Kier alpha value is -2.26. The molecule has 0 amide bonds. The molecule has 1 aromatic heterocycles. The maximum atomic E-state index is 13.4. The van der Waals surface area contributed by atoms with Crippen LogP contribution in [0.5, 0.6) is 0 Å². The van der Waals surface area contributed by atoms with E-state index in [2.05, 4.69) is 10.3 Å². The number of rotatable bonds is 2. The standard InChI is InChI=1S/C12H5ClF3N3/c13-10-6(5-17)1-2-18-12(10)19-9-4-7(14)3-8(15)11(9)16/h1-4H,(H,18,19). The minimum atomic E-state index is -1.34. The average molecular weight is 284 g/mol. The maximum absolute atomic E-state index is 13.4. The van der Waals surface area contributed by atoms with E-state index < -0.39 is 23.1 Å². The summed E-state index contributed by atoms with van der Waals surface area (Å²) >= 11 is 5.83. The molecule has 1 aromatic carbocycles. The second kappa shape index (κ2) is 5.16. The van der Waals surface area contributed by atoms with Crippen molar-refractivity contribution in [1.29, 1.82) is 5.26 Å². The molecule has 3 nitrogen and oxygen atoms in total. The lowest BCUT2D eigenvalue weighted by Gasteiger charge is -2.09. The molecule has 2 rings (SSSR count). The summed E-state index contributed by atoms with van der Waals surface area (Å²) in [4.78, 5) is 3.78. The van der Waals surface area contributed by atoms with Crippen LogP contribution in [0.15, 0.2) is 24.4 Å². The Morgan fingerprint density at radius 3 is 2.68 bits per heavy atom. The highest BCUT2D eigenvalue weighted by molar-refractivity contribution is 6.34. The monoisotopic (exact) mass is 283 g/mol.